The van der Waals surface area contributed by atoms with Crippen LogP contribution in [0.25, 0.3) is 0 Å². The van der Waals surface area contributed by atoms with E-state index in [-0.39, 0.29) is 0 Å². The van der Waals surface area contributed by atoms with E-state index in [4.69, 9.17) is 4.74 Å². The minimum absolute atomic E-state index is 0.789. The van der Waals surface area contributed by atoms with Gasteiger partial charge in [0, 0.05) is 12.2 Å². The Morgan fingerprint density at radius 3 is 2.67 bits per heavy atom. The predicted octanol–water partition coefficient (Wildman–Crippen LogP) is 4.42. The Hall–Kier alpha value is -1.96. The lowest BCUT2D eigenvalue weighted by molar-refractivity contribution is 0.317. The normalized spacial score (nSPS) is 13.4. The highest BCUT2D eigenvalue weighted by atomic mass is 16.5. The van der Waals surface area contributed by atoms with Crippen molar-refractivity contribution in [2.24, 2.45) is 0 Å². The molecule has 2 heteroatoms. The number of aryl methyl sites for hydroxylation is 1. The molecule has 2 aromatic carbocycles. The Kier molecular flexibility index (Phi) is 4.44. The van der Waals surface area contributed by atoms with Crippen molar-refractivity contribution >= 4 is 5.69 Å². The van der Waals surface area contributed by atoms with Crippen LogP contribution in [0.4, 0.5) is 5.69 Å². The number of hydrogen-bond donors (Lipinski definition) is 1. The summed E-state index contributed by atoms with van der Waals surface area (Å²) in [5, 5.41) is 3.46. The van der Waals surface area contributed by atoms with Crippen LogP contribution in [0.2, 0.25) is 0 Å². The molecule has 0 aliphatic carbocycles. The number of rotatable bonds is 5. The van der Waals surface area contributed by atoms with Crippen LogP contribution >= 0.6 is 0 Å². The quantitative estimate of drug-likeness (QED) is 0.875. The van der Waals surface area contributed by atoms with Crippen LogP contribution < -0.4 is 10.1 Å². The molecule has 1 aliphatic heterocycles. The summed E-state index contributed by atoms with van der Waals surface area (Å²) in [7, 11) is 0. The molecule has 0 atom stereocenters. The van der Waals surface area contributed by atoms with Crippen molar-refractivity contribution in [3.8, 4) is 5.75 Å². The summed E-state index contributed by atoms with van der Waals surface area (Å²) in [6.45, 7) is 4.02. The van der Waals surface area contributed by atoms with Gasteiger partial charge < -0.3 is 10.1 Å². The molecular formula is C19H23NO. The molecule has 0 amide bonds. The highest BCUT2D eigenvalue weighted by molar-refractivity contribution is 5.54. The average molecular weight is 281 g/mol. The molecule has 1 N–H and O–H groups in total. The zero-order valence-electron chi connectivity index (χ0n) is 12.7. The maximum absolute atomic E-state index is 5.63. The second-order valence-electron chi connectivity index (χ2n) is 5.69. The van der Waals surface area contributed by atoms with E-state index in [9.17, 15) is 0 Å². The monoisotopic (exact) mass is 281 g/mol. The molecule has 21 heavy (non-hydrogen) atoms. The number of nitrogens with one attached hydrogen (secondary N) is 1. The first-order chi connectivity index (χ1) is 10.3. The van der Waals surface area contributed by atoms with Crippen molar-refractivity contribution in [3.05, 3.63) is 59.2 Å². The summed E-state index contributed by atoms with van der Waals surface area (Å²) in [4.78, 5) is 0. The lowest BCUT2D eigenvalue weighted by atomic mass is 9.97. The van der Waals surface area contributed by atoms with E-state index >= 15 is 0 Å². The fourth-order valence-corrected chi connectivity index (χ4v) is 2.80. The van der Waals surface area contributed by atoms with Crippen molar-refractivity contribution in [1.29, 1.82) is 0 Å². The molecule has 0 aromatic heterocycles. The van der Waals surface area contributed by atoms with Gasteiger partial charge in [-0.2, -0.15) is 0 Å². The van der Waals surface area contributed by atoms with Gasteiger partial charge in [-0.1, -0.05) is 31.2 Å². The molecule has 2 nitrogen and oxygen atoms in total. The maximum Gasteiger partial charge on any atom is 0.119 e. The topological polar surface area (TPSA) is 21.3 Å². The van der Waals surface area contributed by atoms with E-state index in [2.05, 4.69) is 54.7 Å². The molecule has 0 bridgehead atoms. The summed E-state index contributed by atoms with van der Waals surface area (Å²) in [6, 6.07) is 15.3. The fourth-order valence-electron chi connectivity index (χ4n) is 2.80. The van der Waals surface area contributed by atoms with Gasteiger partial charge in [-0.15, -0.1) is 0 Å². The molecular weight excluding hydrogens is 258 g/mol. The molecule has 0 saturated heterocycles. The maximum atomic E-state index is 5.63. The van der Waals surface area contributed by atoms with Crippen LogP contribution in [-0.2, 0) is 12.8 Å². The Balaban J connectivity index is 1.68. The van der Waals surface area contributed by atoms with Crippen LogP contribution in [0.3, 0.4) is 0 Å². The van der Waals surface area contributed by atoms with Gasteiger partial charge in [0.1, 0.15) is 5.75 Å². The minimum Gasteiger partial charge on any atom is -0.494 e. The second kappa shape index (κ2) is 6.66. The SMILES string of the molecule is CCCOc1ccc(Cc2ccc3c(c2)CCCN3)cc1. The second-order valence-corrected chi connectivity index (χ2v) is 5.69. The molecule has 0 fully saturated rings. The summed E-state index contributed by atoms with van der Waals surface area (Å²) >= 11 is 0. The molecule has 0 unspecified atom stereocenters. The smallest absolute Gasteiger partial charge is 0.119 e. The van der Waals surface area contributed by atoms with Crippen LogP contribution in [0, 0.1) is 0 Å². The molecule has 0 spiro atoms. The first-order valence-corrected chi connectivity index (χ1v) is 7.92. The number of hydrogen-bond acceptors (Lipinski definition) is 2. The van der Waals surface area contributed by atoms with E-state index in [1.165, 1.54) is 35.2 Å². The van der Waals surface area contributed by atoms with E-state index in [0.717, 1.165) is 31.7 Å². The predicted molar refractivity (Wildman–Crippen MR) is 88.3 cm³/mol. The van der Waals surface area contributed by atoms with Crippen LogP contribution in [-0.4, -0.2) is 13.2 Å². The molecule has 110 valence electrons. The third-order valence-corrected chi connectivity index (χ3v) is 3.91. The zero-order valence-corrected chi connectivity index (χ0v) is 12.7. The standard InChI is InChI=1S/C19H23NO/c1-2-12-21-18-8-5-15(6-9-18)13-16-7-10-19-17(14-16)4-3-11-20-19/h5-10,14,20H,2-4,11-13H2,1H3. The first-order valence-electron chi connectivity index (χ1n) is 7.92. The van der Waals surface area contributed by atoms with Gasteiger partial charge in [0.15, 0.2) is 0 Å². The van der Waals surface area contributed by atoms with E-state index < -0.39 is 0 Å². The third kappa shape index (κ3) is 3.57. The van der Waals surface area contributed by atoms with Gasteiger partial charge >= 0.3 is 0 Å². The molecule has 3 rings (SSSR count). The van der Waals surface area contributed by atoms with Crippen LogP contribution in [0.5, 0.6) is 5.75 Å². The minimum atomic E-state index is 0.789. The summed E-state index contributed by atoms with van der Waals surface area (Å²) in [5.74, 6) is 0.968. The van der Waals surface area contributed by atoms with Gasteiger partial charge in [-0.3, -0.25) is 0 Å². The molecule has 0 radical (unpaired) electrons. The molecule has 2 aromatic rings. The van der Waals surface area contributed by atoms with E-state index in [1.54, 1.807) is 0 Å². The van der Waals surface area contributed by atoms with Crippen molar-refractivity contribution in [2.45, 2.75) is 32.6 Å². The molecule has 1 aliphatic rings. The Morgan fingerprint density at radius 2 is 1.86 bits per heavy atom. The highest BCUT2D eigenvalue weighted by Gasteiger charge is 2.08. The van der Waals surface area contributed by atoms with Crippen molar-refractivity contribution in [3.63, 3.8) is 0 Å². The largest absolute Gasteiger partial charge is 0.494 e. The summed E-state index contributed by atoms with van der Waals surface area (Å²) < 4.78 is 5.63. The van der Waals surface area contributed by atoms with E-state index in [0.29, 0.717) is 0 Å². The van der Waals surface area contributed by atoms with Crippen molar-refractivity contribution in [1.82, 2.24) is 0 Å². The average Bonchev–Trinajstić information content (AvgIpc) is 2.54. The Labute approximate surface area is 127 Å². The first kappa shape index (κ1) is 14.0. The third-order valence-electron chi connectivity index (χ3n) is 3.91. The number of benzene rings is 2. The fraction of sp³-hybridized carbons (Fsp3) is 0.368. The zero-order chi connectivity index (χ0) is 14.5. The van der Waals surface area contributed by atoms with Gasteiger partial charge in [-0.05, 0) is 60.6 Å². The van der Waals surface area contributed by atoms with Gasteiger partial charge in [0.2, 0.25) is 0 Å². The highest BCUT2D eigenvalue weighted by Crippen LogP contribution is 2.24. The Morgan fingerprint density at radius 1 is 1.05 bits per heavy atom. The number of anilines is 1. The van der Waals surface area contributed by atoms with Crippen molar-refractivity contribution in [2.75, 3.05) is 18.5 Å². The molecule has 1 heterocycles. The number of fused-ring (bicyclic) bond motifs is 1. The van der Waals surface area contributed by atoms with Gasteiger partial charge in [-0.25, -0.2) is 0 Å². The van der Waals surface area contributed by atoms with Gasteiger partial charge in [0.05, 0.1) is 6.61 Å². The van der Waals surface area contributed by atoms with Crippen molar-refractivity contribution < 1.29 is 4.74 Å². The summed E-state index contributed by atoms with van der Waals surface area (Å²) in [6.07, 6.45) is 4.46. The summed E-state index contributed by atoms with van der Waals surface area (Å²) in [5.41, 5.74) is 5.50. The van der Waals surface area contributed by atoms with Crippen LogP contribution in [0.1, 0.15) is 36.5 Å². The lowest BCUT2D eigenvalue weighted by Gasteiger charge is -2.18. The van der Waals surface area contributed by atoms with Crippen LogP contribution in [0.15, 0.2) is 42.5 Å². The lowest BCUT2D eigenvalue weighted by Crippen LogP contribution is -2.11. The van der Waals surface area contributed by atoms with E-state index in [1.807, 2.05) is 0 Å². The Bertz CT molecular complexity index is 589. The van der Waals surface area contributed by atoms with Gasteiger partial charge in [0.25, 0.3) is 0 Å². The number of ether oxygens (including phenoxy) is 1. The molecule has 0 saturated carbocycles.